The van der Waals surface area contributed by atoms with Crippen LogP contribution in [0.2, 0.25) is 0 Å². The van der Waals surface area contributed by atoms with Gasteiger partial charge in [-0.1, -0.05) is 6.07 Å². The number of aryl methyl sites for hydroxylation is 1. The Morgan fingerprint density at radius 3 is 2.46 bits per heavy atom. The standard InChI is InChI=1S/C21H21FN4O2/c1-13(2)28-18-9-7-16(8-10-18)25-21-23-14(3)11-19(26-21)20(27)24-17-6-4-5-15(22)12-17/h4-13H,1-3H3,(H,24,27)(H,23,25,26). The summed E-state index contributed by atoms with van der Waals surface area (Å²) in [7, 11) is 0. The topological polar surface area (TPSA) is 76.1 Å². The van der Waals surface area contributed by atoms with Crippen LogP contribution in [0.15, 0.2) is 54.6 Å². The first-order valence-corrected chi connectivity index (χ1v) is 8.85. The highest BCUT2D eigenvalue weighted by Gasteiger charge is 2.12. The summed E-state index contributed by atoms with van der Waals surface area (Å²) >= 11 is 0. The maximum absolute atomic E-state index is 13.3. The molecule has 28 heavy (non-hydrogen) atoms. The Morgan fingerprint density at radius 1 is 1.04 bits per heavy atom. The number of ether oxygens (including phenoxy) is 1. The number of amides is 1. The number of hydrogen-bond acceptors (Lipinski definition) is 5. The van der Waals surface area contributed by atoms with Gasteiger partial charge in [-0.2, -0.15) is 0 Å². The molecular formula is C21H21FN4O2. The number of carbonyl (C=O) groups excluding carboxylic acids is 1. The van der Waals surface area contributed by atoms with E-state index < -0.39 is 11.7 Å². The van der Waals surface area contributed by atoms with Gasteiger partial charge >= 0.3 is 0 Å². The normalized spacial score (nSPS) is 10.6. The molecule has 0 aliphatic heterocycles. The van der Waals surface area contributed by atoms with Crippen molar-refractivity contribution in [1.29, 1.82) is 0 Å². The van der Waals surface area contributed by atoms with Crippen molar-refractivity contribution in [2.45, 2.75) is 26.9 Å². The first kappa shape index (κ1) is 19.3. The summed E-state index contributed by atoms with van der Waals surface area (Å²) in [6, 6.07) is 14.6. The molecule has 0 spiro atoms. The second-order valence-electron chi connectivity index (χ2n) is 6.50. The highest BCUT2D eigenvalue weighted by Crippen LogP contribution is 2.20. The molecule has 6 nitrogen and oxygen atoms in total. The molecule has 0 aliphatic carbocycles. The van der Waals surface area contributed by atoms with Gasteiger partial charge in [0.1, 0.15) is 17.3 Å². The molecule has 0 radical (unpaired) electrons. The zero-order valence-electron chi connectivity index (χ0n) is 15.9. The van der Waals surface area contributed by atoms with Crippen LogP contribution in [0.3, 0.4) is 0 Å². The van der Waals surface area contributed by atoms with Gasteiger partial charge in [-0.05, 0) is 69.3 Å². The van der Waals surface area contributed by atoms with E-state index in [2.05, 4.69) is 20.6 Å². The molecule has 0 bridgehead atoms. The van der Waals surface area contributed by atoms with Crippen molar-refractivity contribution in [3.8, 4) is 5.75 Å². The number of benzene rings is 2. The molecule has 0 atom stereocenters. The summed E-state index contributed by atoms with van der Waals surface area (Å²) in [5.41, 5.74) is 1.93. The lowest BCUT2D eigenvalue weighted by Gasteiger charge is -2.11. The number of halogens is 1. The molecule has 2 aromatic carbocycles. The van der Waals surface area contributed by atoms with Crippen LogP contribution in [0.4, 0.5) is 21.7 Å². The minimum Gasteiger partial charge on any atom is -0.491 e. The van der Waals surface area contributed by atoms with E-state index in [0.717, 1.165) is 11.4 Å². The monoisotopic (exact) mass is 380 g/mol. The maximum atomic E-state index is 13.3. The van der Waals surface area contributed by atoms with E-state index in [-0.39, 0.29) is 11.8 Å². The quantitative estimate of drug-likeness (QED) is 0.648. The van der Waals surface area contributed by atoms with Crippen molar-refractivity contribution in [1.82, 2.24) is 9.97 Å². The van der Waals surface area contributed by atoms with Crippen LogP contribution in [0.25, 0.3) is 0 Å². The van der Waals surface area contributed by atoms with Gasteiger partial charge in [-0.3, -0.25) is 4.79 Å². The van der Waals surface area contributed by atoms with Gasteiger partial charge in [0, 0.05) is 17.1 Å². The van der Waals surface area contributed by atoms with Crippen LogP contribution in [-0.2, 0) is 0 Å². The molecule has 0 aliphatic rings. The first-order chi connectivity index (χ1) is 13.4. The summed E-state index contributed by atoms with van der Waals surface area (Å²) in [6.45, 7) is 5.69. The lowest BCUT2D eigenvalue weighted by atomic mass is 10.2. The van der Waals surface area contributed by atoms with Gasteiger partial charge in [0.15, 0.2) is 0 Å². The minimum absolute atomic E-state index is 0.0954. The SMILES string of the molecule is Cc1cc(C(=O)Nc2cccc(F)c2)nc(Nc2ccc(OC(C)C)cc2)n1. The Kier molecular flexibility index (Phi) is 5.84. The molecule has 7 heteroatoms. The molecule has 144 valence electrons. The summed E-state index contributed by atoms with van der Waals surface area (Å²) in [5.74, 6) is 0.187. The number of nitrogens with one attached hydrogen (secondary N) is 2. The molecule has 1 amide bonds. The number of nitrogens with zero attached hydrogens (tertiary/aromatic N) is 2. The van der Waals surface area contributed by atoms with Gasteiger partial charge in [0.05, 0.1) is 6.10 Å². The third-order valence-corrected chi connectivity index (χ3v) is 3.65. The average Bonchev–Trinajstić information content (AvgIpc) is 2.62. The number of aromatic nitrogens is 2. The number of rotatable bonds is 6. The summed E-state index contributed by atoms with van der Waals surface area (Å²) in [4.78, 5) is 21.0. The van der Waals surface area contributed by atoms with Crippen molar-refractivity contribution in [3.63, 3.8) is 0 Å². The maximum Gasteiger partial charge on any atom is 0.274 e. The fraction of sp³-hybridized carbons (Fsp3) is 0.190. The zero-order chi connectivity index (χ0) is 20.1. The highest BCUT2D eigenvalue weighted by atomic mass is 19.1. The van der Waals surface area contributed by atoms with Crippen molar-refractivity contribution < 1.29 is 13.9 Å². The molecule has 3 rings (SSSR count). The second kappa shape index (κ2) is 8.47. The smallest absolute Gasteiger partial charge is 0.274 e. The van der Waals surface area contributed by atoms with Gasteiger partial charge in [0.25, 0.3) is 5.91 Å². The van der Waals surface area contributed by atoms with Gasteiger partial charge < -0.3 is 15.4 Å². The molecule has 1 heterocycles. The lowest BCUT2D eigenvalue weighted by molar-refractivity contribution is 0.102. The minimum atomic E-state index is -0.445. The van der Waals surface area contributed by atoms with Crippen LogP contribution < -0.4 is 15.4 Å². The first-order valence-electron chi connectivity index (χ1n) is 8.85. The van der Waals surface area contributed by atoms with Crippen molar-refractivity contribution in [2.75, 3.05) is 10.6 Å². The Balaban J connectivity index is 1.74. The van der Waals surface area contributed by atoms with Crippen LogP contribution in [0.5, 0.6) is 5.75 Å². The van der Waals surface area contributed by atoms with E-state index in [1.165, 1.54) is 18.2 Å². The molecule has 0 unspecified atom stereocenters. The number of carbonyl (C=O) groups is 1. The molecular weight excluding hydrogens is 359 g/mol. The summed E-state index contributed by atoms with van der Waals surface area (Å²) in [6.07, 6.45) is 0.0954. The number of anilines is 3. The van der Waals surface area contributed by atoms with Gasteiger partial charge in [-0.15, -0.1) is 0 Å². The van der Waals surface area contributed by atoms with Crippen molar-refractivity contribution in [3.05, 3.63) is 71.8 Å². The highest BCUT2D eigenvalue weighted by molar-refractivity contribution is 6.03. The predicted molar refractivity (Wildman–Crippen MR) is 107 cm³/mol. The molecule has 0 saturated carbocycles. The van der Waals surface area contributed by atoms with E-state index in [4.69, 9.17) is 4.74 Å². The molecule has 0 fully saturated rings. The van der Waals surface area contributed by atoms with E-state index in [1.807, 2.05) is 38.1 Å². The van der Waals surface area contributed by atoms with E-state index in [0.29, 0.717) is 17.3 Å². The Labute approximate surface area is 162 Å². The Morgan fingerprint density at radius 2 is 1.79 bits per heavy atom. The van der Waals surface area contributed by atoms with E-state index in [1.54, 1.807) is 19.1 Å². The van der Waals surface area contributed by atoms with Crippen molar-refractivity contribution >= 4 is 23.2 Å². The summed E-state index contributed by atoms with van der Waals surface area (Å²) < 4.78 is 18.9. The third-order valence-electron chi connectivity index (χ3n) is 3.65. The second-order valence-corrected chi connectivity index (χ2v) is 6.50. The Bertz CT molecular complexity index is 974. The van der Waals surface area contributed by atoms with Gasteiger partial charge in [-0.25, -0.2) is 14.4 Å². The molecule has 0 saturated heterocycles. The molecule has 2 N–H and O–H groups in total. The van der Waals surface area contributed by atoms with Crippen LogP contribution in [0, 0.1) is 12.7 Å². The van der Waals surface area contributed by atoms with Crippen LogP contribution >= 0.6 is 0 Å². The summed E-state index contributed by atoms with van der Waals surface area (Å²) in [5, 5.41) is 5.71. The van der Waals surface area contributed by atoms with Crippen LogP contribution in [-0.4, -0.2) is 22.0 Å². The van der Waals surface area contributed by atoms with Crippen molar-refractivity contribution in [2.24, 2.45) is 0 Å². The fourth-order valence-corrected chi connectivity index (χ4v) is 2.52. The largest absolute Gasteiger partial charge is 0.491 e. The van der Waals surface area contributed by atoms with E-state index >= 15 is 0 Å². The van der Waals surface area contributed by atoms with Gasteiger partial charge in [0.2, 0.25) is 5.95 Å². The molecule has 3 aromatic rings. The Hall–Kier alpha value is -3.48. The molecule has 1 aromatic heterocycles. The number of hydrogen-bond donors (Lipinski definition) is 2. The average molecular weight is 380 g/mol. The van der Waals surface area contributed by atoms with Crippen LogP contribution in [0.1, 0.15) is 30.0 Å². The lowest BCUT2D eigenvalue weighted by Crippen LogP contribution is -2.15. The predicted octanol–water partition coefficient (Wildman–Crippen LogP) is 4.71. The zero-order valence-corrected chi connectivity index (χ0v) is 15.9. The fourth-order valence-electron chi connectivity index (χ4n) is 2.52. The van der Waals surface area contributed by atoms with E-state index in [9.17, 15) is 9.18 Å². The third kappa shape index (κ3) is 5.26.